The van der Waals surface area contributed by atoms with E-state index in [0.29, 0.717) is 50.6 Å². The number of fused-ring (bicyclic) bond motifs is 2. The summed E-state index contributed by atoms with van der Waals surface area (Å²) in [5.74, 6) is 1.94. The van der Waals surface area contributed by atoms with E-state index in [1.54, 1.807) is 4.90 Å². The van der Waals surface area contributed by atoms with Gasteiger partial charge in [-0.2, -0.15) is 9.97 Å². The van der Waals surface area contributed by atoms with E-state index in [-0.39, 0.29) is 18.5 Å². The molecule has 3 unspecified atom stereocenters. The number of carbonyl (C=O) groups excluding carboxylic acids is 1. The molecule has 1 aliphatic carbocycles. The zero-order valence-electron chi connectivity index (χ0n) is 24.6. The van der Waals surface area contributed by atoms with Gasteiger partial charge >= 0.3 is 6.01 Å². The van der Waals surface area contributed by atoms with E-state index in [4.69, 9.17) is 21.3 Å². The van der Waals surface area contributed by atoms with Gasteiger partial charge in [0.05, 0.1) is 18.8 Å². The fourth-order valence-corrected chi connectivity index (χ4v) is 6.51. The normalized spacial score (nSPS) is 21.7. The Labute approximate surface area is 248 Å². The summed E-state index contributed by atoms with van der Waals surface area (Å²) in [4.78, 5) is 34.8. The summed E-state index contributed by atoms with van der Waals surface area (Å²) in [5, 5.41) is 2.46. The fourth-order valence-electron chi connectivity index (χ4n) is 6.51. The number of aromatic nitrogens is 2. The first-order chi connectivity index (χ1) is 20.4. The molecule has 0 bridgehead atoms. The minimum atomic E-state index is -0.217. The Morgan fingerprint density at radius 2 is 1.95 bits per heavy atom. The molecule has 2 fully saturated rings. The van der Waals surface area contributed by atoms with Crippen LogP contribution in [0.15, 0.2) is 55.1 Å². The third-order valence-corrected chi connectivity index (χ3v) is 8.77. The molecule has 2 aliphatic heterocycles. The summed E-state index contributed by atoms with van der Waals surface area (Å²) >= 11 is 0. The highest BCUT2D eigenvalue weighted by Gasteiger charge is 2.38. The van der Waals surface area contributed by atoms with Crippen molar-refractivity contribution in [2.24, 2.45) is 11.8 Å². The zero-order valence-corrected chi connectivity index (χ0v) is 24.6. The second kappa shape index (κ2) is 12.0. The summed E-state index contributed by atoms with van der Waals surface area (Å²) < 4.78 is 6.29. The lowest BCUT2D eigenvalue weighted by atomic mass is 10.0. The molecule has 9 heteroatoms. The molecule has 42 heavy (non-hydrogen) atoms. The van der Waals surface area contributed by atoms with Crippen molar-refractivity contribution in [3.63, 3.8) is 0 Å². The van der Waals surface area contributed by atoms with Crippen molar-refractivity contribution in [3.8, 4) is 6.01 Å². The molecule has 1 saturated heterocycles. The number of ether oxygens (including phenoxy) is 1. The number of nitrogens with zero attached hydrogens (tertiary/aromatic N) is 7. The van der Waals surface area contributed by atoms with Crippen LogP contribution in [0.2, 0.25) is 0 Å². The number of hydrogen-bond donors (Lipinski definition) is 0. The summed E-state index contributed by atoms with van der Waals surface area (Å²) in [6, 6.07) is 15.2. The number of piperazine rings is 1. The van der Waals surface area contributed by atoms with Gasteiger partial charge < -0.3 is 29.2 Å². The zero-order chi connectivity index (χ0) is 29.2. The lowest BCUT2D eigenvalue weighted by Crippen LogP contribution is -2.56. The number of anilines is 2. The van der Waals surface area contributed by atoms with E-state index in [9.17, 15) is 4.79 Å². The van der Waals surface area contributed by atoms with Crippen LogP contribution in [-0.2, 0) is 17.8 Å². The summed E-state index contributed by atoms with van der Waals surface area (Å²) in [6.45, 7) is 16.3. The van der Waals surface area contributed by atoms with E-state index in [2.05, 4.69) is 82.7 Å². The highest BCUT2D eigenvalue weighted by Crippen LogP contribution is 2.39. The standard InChI is InChI=1S/C33H39N7O2/c1-5-31(41)40-16-15-39(20-26(40)18-34-2)32-28-13-14-38(30-12-8-10-23-9-6-7-11-27(23)30)21-29(28)35-33(36-32)42-22-25-17-24(25)19-37(3)4/h5-12,24-26H,1,13-22H2,3-4H3. The molecule has 3 atom stereocenters. The lowest BCUT2D eigenvalue weighted by molar-refractivity contribution is -0.128. The van der Waals surface area contributed by atoms with Crippen LogP contribution in [0.1, 0.15) is 17.7 Å². The van der Waals surface area contributed by atoms with Gasteiger partial charge in [0, 0.05) is 49.4 Å². The van der Waals surface area contributed by atoms with Gasteiger partial charge in [-0.1, -0.05) is 43.0 Å². The first-order valence-corrected chi connectivity index (χ1v) is 14.9. The molecular weight excluding hydrogens is 526 g/mol. The van der Waals surface area contributed by atoms with Gasteiger partial charge in [-0.05, 0) is 56.3 Å². The van der Waals surface area contributed by atoms with Crippen molar-refractivity contribution >= 4 is 28.2 Å². The van der Waals surface area contributed by atoms with Crippen molar-refractivity contribution in [2.45, 2.75) is 25.4 Å². The molecule has 3 heterocycles. The van der Waals surface area contributed by atoms with E-state index in [1.165, 1.54) is 29.0 Å². The van der Waals surface area contributed by atoms with Crippen molar-refractivity contribution in [1.29, 1.82) is 0 Å². The summed E-state index contributed by atoms with van der Waals surface area (Å²) in [5.41, 5.74) is 3.33. The molecule has 0 radical (unpaired) electrons. The number of hydrogen-bond acceptors (Lipinski definition) is 7. The van der Waals surface area contributed by atoms with Crippen LogP contribution in [-0.4, -0.2) is 91.7 Å². The van der Waals surface area contributed by atoms with Crippen molar-refractivity contribution < 1.29 is 9.53 Å². The van der Waals surface area contributed by atoms with Crippen LogP contribution in [0.25, 0.3) is 15.6 Å². The average molecular weight is 566 g/mol. The molecule has 0 N–H and O–H groups in total. The Balaban J connectivity index is 1.30. The molecule has 3 aliphatic rings. The largest absolute Gasteiger partial charge is 0.463 e. The number of rotatable bonds is 9. The summed E-state index contributed by atoms with van der Waals surface area (Å²) in [7, 11) is 4.22. The van der Waals surface area contributed by atoms with E-state index >= 15 is 0 Å². The molecule has 2 aromatic carbocycles. The number of carbonyl (C=O) groups is 1. The van der Waals surface area contributed by atoms with Gasteiger partial charge in [0.1, 0.15) is 11.9 Å². The van der Waals surface area contributed by atoms with Gasteiger partial charge in [-0.25, -0.2) is 6.57 Å². The fraction of sp³-hybridized carbons (Fsp3) is 0.455. The van der Waals surface area contributed by atoms with Crippen LogP contribution in [0.4, 0.5) is 11.5 Å². The Kier molecular flexibility index (Phi) is 7.98. The van der Waals surface area contributed by atoms with Crippen LogP contribution < -0.4 is 14.5 Å². The second-order valence-corrected chi connectivity index (χ2v) is 11.9. The molecular formula is C33H39N7O2. The van der Waals surface area contributed by atoms with Crippen molar-refractivity contribution in [2.75, 3.05) is 69.8 Å². The van der Waals surface area contributed by atoms with E-state index in [1.807, 2.05) is 0 Å². The first-order valence-electron chi connectivity index (χ1n) is 14.9. The molecule has 9 nitrogen and oxygen atoms in total. The average Bonchev–Trinajstić information content (AvgIpc) is 3.75. The highest BCUT2D eigenvalue weighted by molar-refractivity contribution is 5.94. The van der Waals surface area contributed by atoms with Gasteiger partial charge in [0.2, 0.25) is 12.5 Å². The third-order valence-electron chi connectivity index (χ3n) is 8.77. The van der Waals surface area contributed by atoms with Crippen LogP contribution >= 0.6 is 0 Å². The number of benzene rings is 2. The molecule has 0 spiro atoms. The van der Waals surface area contributed by atoms with Gasteiger partial charge in [-0.3, -0.25) is 4.79 Å². The van der Waals surface area contributed by atoms with Crippen molar-refractivity contribution in [1.82, 2.24) is 19.8 Å². The molecule has 218 valence electrons. The quantitative estimate of drug-likeness (QED) is 0.288. The van der Waals surface area contributed by atoms with Crippen LogP contribution in [0, 0.1) is 18.4 Å². The molecule has 3 aromatic rings. The maximum absolute atomic E-state index is 12.5. The molecule has 1 aromatic heterocycles. The predicted octanol–water partition coefficient (Wildman–Crippen LogP) is 3.89. The minimum absolute atomic E-state index is 0.125. The topological polar surface area (TPSA) is 69.4 Å². The Bertz CT molecular complexity index is 1510. The van der Waals surface area contributed by atoms with E-state index < -0.39 is 0 Å². The Morgan fingerprint density at radius 1 is 1.12 bits per heavy atom. The van der Waals surface area contributed by atoms with Gasteiger partial charge in [0.15, 0.2) is 0 Å². The first kappa shape index (κ1) is 28.0. The maximum atomic E-state index is 12.5. The smallest absolute Gasteiger partial charge is 0.318 e. The maximum Gasteiger partial charge on any atom is 0.318 e. The highest BCUT2D eigenvalue weighted by atomic mass is 16.5. The van der Waals surface area contributed by atoms with E-state index in [0.717, 1.165) is 36.6 Å². The Morgan fingerprint density at radius 3 is 2.76 bits per heavy atom. The Hall–Kier alpha value is -4.16. The monoisotopic (exact) mass is 565 g/mol. The predicted molar refractivity (Wildman–Crippen MR) is 166 cm³/mol. The number of amides is 1. The van der Waals surface area contributed by atoms with Crippen LogP contribution in [0.5, 0.6) is 6.01 Å². The van der Waals surface area contributed by atoms with Gasteiger partial charge in [-0.15, -0.1) is 0 Å². The molecule has 1 saturated carbocycles. The lowest BCUT2D eigenvalue weighted by Gasteiger charge is -2.41. The van der Waals surface area contributed by atoms with Crippen molar-refractivity contribution in [3.05, 3.63) is 77.8 Å². The molecule has 1 amide bonds. The summed E-state index contributed by atoms with van der Waals surface area (Å²) in [6.07, 6.45) is 3.32. The SMILES string of the molecule is [C-]#[N+]CC1CN(c2nc(OCC3CC3CN(C)C)nc3c2CCN(c2cccc4ccccc24)C3)CCN1C(=O)C=C. The molecule has 6 rings (SSSR count). The van der Waals surface area contributed by atoms with Gasteiger partial charge in [0.25, 0.3) is 0 Å². The van der Waals surface area contributed by atoms with Crippen LogP contribution in [0.3, 0.4) is 0 Å². The second-order valence-electron chi connectivity index (χ2n) is 11.9. The third kappa shape index (κ3) is 5.77. The minimum Gasteiger partial charge on any atom is -0.463 e.